The Kier molecular flexibility index (Phi) is 6.38. The van der Waals surface area contributed by atoms with Gasteiger partial charge in [-0.3, -0.25) is 4.79 Å². The van der Waals surface area contributed by atoms with Crippen LogP contribution >= 0.6 is 15.9 Å². The highest BCUT2D eigenvalue weighted by atomic mass is 79.9. The third kappa shape index (κ3) is 4.55. The molecule has 2 saturated carbocycles. The summed E-state index contributed by atoms with van der Waals surface area (Å²) in [5.41, 5.74) is 1.49. The van der Waals surface area contributed by atoms with E-state index in [0.717, 1.165) is 35.1 Å². The first kappa shape index (κ1) is 18.7. The van der Waals surface area contributed by atoms with E-state index in [0.29, 0.717) is 5.92 Å². The molecule has 2 fully saturated rings. The summed E-state index contributed by atoms with van der Waals surface area (Å²) in [5, 5.41) is 9.32. The number of carboxylic acids is 1. The van der Waals surface area contributed by atoms with Gasteiger partial charge in [0.05, 0.1) is 5.92 Å². The Morgan fingerprint density at radius 1 is 1.00 bits per heavy atom. The highest BCUT2D eigenvalue weighted by Gasteiger charge is 2.34. The Morgan fingerprint density at radius 2 is 1.52 bits per heavy atom. The SMILES string of the molecule is C=CC(C(=O)O)C1CCC([C@H]2CC[C@H](c3ccc(Br)cc3)CC2)CC1. The minimum atomic E-state index is -0.701. The van der Waals surface area contributed by atoms with Crippen LogP contribution < -0.4 is 0 Å². The molecule has 2 nitrogen and oxygen atoms in total. The van der Waals surface area contributed by atoms with Crippen molar-refractivity contribution in [3.8, 4) is 0 Å². The molecule has 0 aromatic heterocycles. The summed E-state index contributed by atoms with van der Waals surface area (Å²) in [6, 6.07) is 8.84. The molecule has 1 unspecified atom stereocenters. The molecule has 1 aromatic carbocycles. The van der Waals surface area contributed by atoms with Gasteiger partial charge in [-0.1, -0.05) is 34.1 Å². The van der Waals surface area contributed by atoms with Crippen molar-refractivity contribution < 1.29 is 9.90 Å². The predicted molar refractivity (Wildman–Crippen MR) is 106 cm³/mol. The van der Waals surface area contributed by atoms with Crippen molar-refractivity contribution in [2.45, 2.75) is 57.3 Å². The van der Waals surface area contributed by atoms with Gasteiger partial charge in [0.2, 0.25) is 0 Å². The van der Waals surface area contributed by atoms with E-state index in [2.05, 4.69) is 46.8 Å². The van der Waals surface area contributed by atoms with Crippen LogP contribution in [0.4, 0.5) is 0 Å². The van der Waals surface area contributed by atoms with Gasteiger partial charge in [0.15, 0.2) is 0 Å². The summed E-state index contributed by atoms with van der Waals surface area (Å²) in [7, 11) is 0. The molecule has 0 radical (unpaired) electrons. The van der Waals surface area contributed by atoms with E-state index in [-0.39, 0.29) is 5.92 Å². The van der Waals surface area contributed by atoms with Crippen LogP contribution in [-0.4, -0.2) is 11.1 Å². The molecule has 0 amide bonds. The standard InChI is InChI=1S/C22H29BrO2/c1-2-21(22(24)25)19-9-7-17(8-10-19)15-3-5-16(6-4-15)18-11-13-20(23)14-12-18/h2,11-17,19,21H,1,3-10H2,(H,24,25)/t15-,16-,17?,19?,21?. The second-order valence-corrected chi connectivity index (χ2v) is 8.85. The lowest BCUT2D eigenvalue weighted by Crippen LogP contribution is -2.30. The van der Waals surface area contributed by atoms with Crippen LogP contribution in [0.2, 0.25) is 0 Å². The lowest BCUT2D eigenvalue weighted by Gasteiger charge is -2.38. The average Bonchev–Trinajstić information content (AvgIpc) is 2.63. The fraction of sp³-hybridized carbons (Fsp3) is 0.591. The summed E-state index contributed by atoms with van der Waals surface area (Å²) in [6.45, 7) is 3.73. The topological polar surface area (TPSA) is 37.3 Å². The largest absolute Gasteiger partial charge is 0.481 e. The highest BCUT2D eigenvalue weighted by molar-refractivity contribution is 9.10. The average molecular weight is 405 g/mol. The summed E-state index contributed by atoms with van der Waals surface area (Å²) < 4.78 is 1.15. The zero-order valence-corrected chi connectivity index (χ0v) is 16.5. The van der Waals surface area contributed by atoms with Gasteiger partial charge in [-0.15, -0.1) is 6.58 Å². The molecule has 2 aliphatic carbocycles. The van der Waals surface area contributed by atoms with E-state index >= 15 is 0 Å². The number of hydrogen-bond acceptors (Lipinski definition) is 1. The molecule has 0 bridgehead atoms. The molecule has 0 saturated heterocycles. The van der Waals surface area contributed by atoms with Crippen LogP contribution in [0.3, 0.4) is 0 Å². The third-order valence-electron chi connectivity index (χ3n) is 6.64. The zero-order valence-electron chi connectivity index (χ0n) is 14.9. The predicted octanol–water partition coefficient (Wildman–Crippen LogP) is 6.42. The van der Waals surface area contributed by atoms with Gasteiger partial charge >= 0.3 is 5.97 Å². The van der Waals surface area contributed by atoms with Gasteiger partial charge < -0.3 is 5.11 Å². The number of carboxylic acid groups (broad SMARTS) is 1. The minimum absolute atomic E-state index is 0.297. The monoisotopic (exact) mass is 404 g/mol. The Balaban J connectivity index is 1.48. The van der Waals surface area contributed by atoms with Gasteiger partial charge in [-0.25, -0.2) is 0 Å². The Labute approximate surface area is 159 Å². The Bertz CT molecular complexity index is 579. The molecule has 136 valence electrons. The molecule has 2 aliphatic rings. The van der Waals surface area contributed by atoms with Crippen molar-refractivity contribution in [3.63, 3.8) is 0 Å². The van der Waals surface area contributed by atoms with E-state index in [9.17, 15) is 9.90 Å². The first-order valence-electron chi connectivity index (χ1n) is 9.69. The molecule has 3 rings (SSSR count). The molecule has 3 heteroatoms. The molecule has 0 aliphatic heterocycles. The first-order valence-corrected chi connectivity index (χ1v) is 10.5. The number of carbonyl (C=O) groups is 1. The fourth-order valence-corrected chi connectivity index (χ4v) is 5.39. The number of aliphatic carboxylic acids is 1. The first-order chi connectivity index (χ1) is 12.1. The maximum Gasteiger partial charge on any atom is 0.310 e. The molecule has 25 heavy (non-hydrogen) atoms. The van der Waals surface area contributed by atoms with Gasteiger partial charge in [0.1, 0.15) is 0 Å². The van der Waals surface area contributed by atoms with Crippen LogP contribution in [-0.2, 0) is 4.79 Å². The molecule has 1 atom stereocenters. The zero-order chi connectivity index (χ0) is 17.8. The lowest BCUT2D eigenvalue weighted by molar-refractivity contribution is -0.142. The number of halogens is 1. The van der Waals surface area contributed by atoms with Gasteiger partial charge in [-0.05, 0) is 92.7 Å². The van der Waals surface area contributed by atoms with Crippen molar-refractivity contribution in [2.24, 2.45) is 23.7 Å². The van der Waals surface area contributed by atoms with Crippen molar-refractivity contribution >= 4 is 21.9 Å². The van der Waals surface area contributed by atoms with E-state index in [1.165, 1.54) is 44.1 Å². The number of rotatable bonds is 5. The van der Waals surface area contributed by atoms with Crippen LogP contribution in [0.25, 0.3) is 0 Å². The number of hydrogen-bond donors (Lipinski definition) is 1. The van der Waals surface area contributed by atoms with Crippen LogP contribution in [0.1, 0.15) is 62.8 Å². The van der Waals surface area contributed by atoms with Crippen molar-refractivity contribution in [1.29, 1.82) is 0 Å². The van der Waals surface area contributed by atoms with Crippen molar-refractivity contribution in [1.82, 2.24) is 0 Å². The maximum atomic E-state index is 11.3. The second kappa shape index (κ2) is 8.53. The highest BCUT2D eigenvalue weighted by Crippen LogP contribution is 2.45. The smallest absolute Gasteiger partial charge is 0.310 e. The quantitative estimate of drug-likeness (QED) is 0.574. The number of benzene rings is 1. The summed E-state index contributed by atoms with van der Waals surface area (Å²) in [6.07, 6.45) is 11.4. The second-order valence-electron chi connectivity index (χ2n) is 7.94. The van der Waals surface area contributed by atoms with Crippen LogP contribution in [0, 0.1) is 23.7 Å². The molecule has 1 aromatic rings. The van der Waals surface area contributed by atoms with Crippen molar-refractivity contribution in [3.05, 3.63) is 47.0 Å². The van der Waals surface area contributed by atoms with Crippen molar-refractivity contribution in [2.75, 3.05) is 0 Å². The molecular formula is C22H29BrO2. The molecule has 1 N–H and O–H groups in total. The third-order valence-corrected chi connectivity index (χ3v) is 7.17. The normalized spacial score (nSPS) is 31.2. The van der Waals surface area contributed by atoms with Gasteiger partial charge in [0, 0.05) is 4.47 Å². The Hall–Kier alpha value is -1.09. The molecular weight excluding hydrogens is 376 g/mol. The summed E-state index contributed by atoms with van der Waals surface area (Å²) in [5.74, 6) is 1.62. The van der Waals surface area contributed by atoms with Crippen LogP contribution in [0.15, 0.2) is 41.4 Å². The Morgan fingerprint density at radius 3 is 2.00 bits per heavy atom. The molecule has 0 heterocycles. The van der Waals surface area contributed by atoms with Crippen LogP contribution in [0.5, 0.6) is 0 Å². The van der Waals surface area contributed by atoms with Gasteiger partial charge in [-0.2, -0.15) is 0 Å². The summed E-state index contributed by atoms with van der Waals surface area (Å²) in [4.78, 5) is 11.3. The lowest BCUT2D eigenvalue weighted by atomic mass is 9.67. The minimum Gasteiger partial charge on any atom is -0.481 e. The maximum absolute atomic E-state index is 11.3. The molecule has 0 spiro atoms. The summed E-state index contributed by atoms with van der Waals surface area (Å²) >= 11 is 3.52. The van der Waals surface area contributed by atoms with Gasteiger partial charge in [0.25, 0.3) is 0 Å². The van der Waals surface area contributed by atoms with E-state index in [1.54, 1.807) is 6.08 Å². The van der Waals surface area contributed by atoms with E-state index in [4.69, 9.17) is 0 Å². The van der Waals surface area contributed by atoms with E-state index < -0.39 is 5.97 Å². The fourth-order valence-electron chi connectivity index (χ4n) is 5.13. The van der Waals surface area contributed by atoms with E-state index in [1.807, 2.05) is 0 Å².